The van der Waals surface area contributed by atoms with E-state index in [0.717, 1.165) is 34.8 Å². The molecule has 0 radical (unpaired) electrons. The van der Waals surface area contributed by atoms with Crippen molar-refractivity contribution >= 4 is 5.82 Å². The first-order chi connectivity index (χ1) is 10.0. The molecule has 0 amide bonds. The molecule has 5 heteroatoms. The molecule has 0 spiro atoms. The Morgan fingerprint density at radius 1 is 1.24 bits per heavy atom. The van der Waals surface area contributed by atoms with Gasteiger partial charge in [-0.15, -0.1) is 0 Å². The minimum Gasteiger partial charge on any atom is -0.492 e. The maximum absolute atomic E-state index is 6.01. The molecule has 0 bridgehead atoms. The molecule has 2 aromatic rings. The third-order valence-corrected chi connectivity index (χ3v) is 3.18. The van der Waals surface area contributed by atoms with Gasteiger partial charge in [0.2, 0.25) is 0 Å². The molecular formula is C16H22N4O. The molecule has 2 rings (SSSR count). The Hall–Kier alpha value is -2.17. The zero-order valence-electron chi connectivity index (χ0n) is 13.1. The molecule has 0 aliphatic heterocycles. The zero-order valence-corrected chi connectivity index (χ0v) is 13.1. The van der Waals surface area contributed by atoms with Crippen LogP contribution in [0.3, 0.4) is 0 Å². The van der Waals surface area contributed by atoms with E-state index in [4.69, 9.17) is 10.5 Å². The number of hydrogen-bond donors (Lipinski definition) is 1. The van der Waals surface area contributed by atoms with Gasteiger partial charge < -0.3 is 10.5 Å². The first-order valence-corrected chi connectivity index (χ1v) is 7.25. The first kappa shape index (κ1) is 15.2. The lowest BCUT2D eigenvalue weighted by Crippen LogP contribution is -2.06. The lowest BCUT2D eigenvalue weighted by molar-refractivity contribution is 0.316. The summed E-state index contributed by atoms with van der Waals surface area (Å²) in [5.74, 6) is 2.23. The molecular weight excluding hydrogens is 264 g/mol. The molecule has 21 heavy (non-hydrogen) atoms. The van der Waals surface area contributed by atoms with Crippen LogP contribution in [0.15, 0.2) is 18.5 Å². The van der Waals surface area contributed by atoms with Gasteiger partial charge >= 0.3 is 0 Å². The van der Waals surface area contributed by atoms with Crippen molar-refractivity contribution in [1.29, 1.82) is 0 Å². The fourth-order valence-corrected chi connectivity index (χ4v) is 1.94. The van der Waals surface area contributed by atoms with Crippen molar-refractivity contribution < 1.29 is 4.74 Å². The highest BCUT2D eigenvalue weighted by atomic mass is 16.5. The summed E-state index contributed by atoms with van der Waals surface area (Å²) >= 11 is 0. The van der Waals surface area contributed by atoms with E-state index >= 15 is 0 Å². The summed E-state index contributed by atoms with van der Waals surface area (Å²) in [7, 11) is 0. The molecule has 2 heterocycles. The van der Waals surface area contributed by atoms with Crippen LogP contribution in [0.25, 0.3) is 11.3 Å². The first-order valence-electron chi connectivity index (χ1n) is 7.25. The number of rotatable bonds is 5. The third-order valence-electron chi connectivity index (χ3n) is 3.18. The fourth-order valence-electron chi connectivity index (χ4n) is 1.94. The van der Waals surface area contributed by atoms with Crippen molar-refractivity contribution in [3.63, 3.8) is 0 Å². The minimum atomic E-state index is 0.221. The van der Waals surface area contributed by atoms with Gasteiger partial charge in [-0.1, -0.05) is 20.8 Å². The van der Waals surface area contributed by atoms with E-state index in [1.807, 2.05) is 26.8 Å². The van der Waals surface area contributed by atoms with E-state index in [0.29, 0.717) is 12.4 Å². The number of nitrogen functional groups attached to an aromatic ring is 1. The molecule has 0 aromatic carbocycles. The third kappa shape index (κ3) is 3.48. The van der Waals surface area contributed by atoms with Crippen LogP contribution in [0, 0.1) is 6.92 Å². The number of anilines is 1. The van der Waals surface area contributed by atoms with Gasteiger partial charge in [0, 0.05) is 23.2 Å². The Balaban J connectivity index is 2.45. The van der Waals surface area contributed by atoms with E-state index in [9.17, 15) is 0 Å². The largest absolute Gasteiger partial charge is 0.492 e. The van der Waals surface area contributed by atoms with Gasteiger partial charge in [-0.05, 0) is 19.4 Å². The number of ether oxygens (including phenoxy) is 1. The van der Waals surface area contributed by atoms with Crippen LogP contribution in [0.1, 0.15) is 44.5 Å². The minimum absolute atomic E-state index is 0.221. The summed E-state index contributed by atoms with van der Waals surface area (Å²) in [6.45, 7) is 8.77. The van der Waals surface area contributed by atoms with Gasteiger partial charge in [0.15, 0.2) is 0 Å². The molecule has 5 nitrogen and oxygen atoms in total. The summed E-state index contributed by atoms with van der Waals surface area (Å²) in [6.07, 6.45) is 4.45. The quantitative estimate of drug-likeness (QED) is 0.912. The van der Waals surface area contributed by atoms with Crippen LogP contribution >= 0.6 is 0 Å². The normalized spacial score (nSPS) is 10.9. The Kier molecular flexibility index (Phi) is 4.73. The van der Waals surface area contributed by atoms with E-state index in [1.165, 1.54) is 0 Å². The monoisotopic (exact) mass is 286 g/mol. The second kappa shape index (κ2) is 6.52. The van der Waals surface area contributed by atoms with Crippen molar-refractivity contribution in [3.05, 3.63) is 29.8 Å². The summed E-state index contributed by atoms with van der Waals surface area (Å²) < 4.78 is 5.63. The number of nitrogens with zero attached hydrogens (tertiary/aromatic N) is 3. The van der Waals surface area contributed by atoms with Gasteiger partial charge in [0.25, 0.3) is 0 Å². The number of hydrogen-bond acceptors (Lipinski definition) is 5. The maximum atomic E-state index is 6.01. The Morgan fingerprint density at radius 3 is 2.67 bits per heavy atom. The van der Waals surface area contributed by atoms with E-state index < -0.39 is 0 Å². The molecule has 112 valence electrons. The predicted octanol–water partition coefficient (Wildman–Crippen LogP) is 3.34. The highest BCUT2D eigenvalue weighted by molar-refractivity contribution is 5.67. The van der Waals surface area contributed by atoms with Crippen molar-refractivity contribution in [1.82, 2.24) is 15.0 Å². The maximum Gasteiger partial charge on any atom is 0.138 e. The average molecular weight is 286 g/mol. The molecule has 0 unspecified atom stereocenters. The topological polar surface area (TPSA) is 73.9 Å². The smallest absolute Gasteiger partial charge is 0.138 e. The fraction of sp³-hybridized carbons (Fsp3) is 0.438. The van der Waals surface area contributed by atoms with Crippen LogP contribution < -0.4 is 10.5 Å². The van der Waals surface area contributed by atoms with Gasteiger partial charge in [-0.25, -0.2) is 9.97 Å². The second-order valence-electron chi connectivity index (χ2n) is 5.35. The summed E-state index contributed by atoms with van der Waals surface area (Å²) in [5.41, 5.74) is 8.60. The van der Waals surface area contributed by atoms with Gasteiger partial charge in [0.1, 0.15) is 17.4 Å². The average Bonchev–Trinajstić information content (AvgIpc) is 2.47. The van der Waals surface area contributed by atoms with Crippen LogP contribution in [-0.4, -0.2) is 21.6 Å². The molecule has 0 aliphatic carbocycles. The van der Waals surface area contributed by atoms with Gasteiger partial charge in [0.05, 0.1) is 18.5 Å². The number of aromatic nitrogens is 3. The molecule has 0 aliphatic rings. The summed E-state index contributed by atoms with van der Waals surface area (Å²) in [6, 6.07) is 1.95. The SMILES string of the molecule is CCCOc1cncc(-c2nc(C(C)C)nc(N)c2C)c1. The van der Waals surface area contributed by atoms with Crippen LogP contribution in [-0.2, 0) is 0 Å². The Labute approximate surface area is 125 Å². The number of pyridine rings is 1. The Morgan fingerprint density at radius 2 is 2.00 bits per heavy atom. The zero-order chi connectivity index (χ0) is 15.4. The molecule has 2 aromatic heterocycles. The molecule has 2 N–H and O–H groups in total. The standard InChI is InChI=1S/C16H22N4O/c1-5-6-21-13-7-12(8-18-9-13)14-11(4)15(17)20-16(19-14)10(2)3/h7-10H,5-6H2,1-4H3,(H2,17,19,20). The van der Waals surface area contributed by atoms with Crippen molar-refractivity contribution in [2.45, 2.75) is 40.0 Å². The van der Waals surface area contributed by atoms with Crippen LogP contribution in [0.5, 0.6) is 5.75 Å². The second-order valence-corrected chi connectivity index (χ2v) is 5.35. The molecule has 0 saturated carbocycles. The lowest BCUT2D eigenvalue weighted by Gasteiger charge is -2.12. The molecule has 0 atom stereocenters. The summed E-state index contributed by atoms with van der Waals surface area (Å²) in [4.78, 5) is 13.2. The van der Waals surface area contributed by atoms with E-state index in [-0.39, 0.29) is 5.92 Å². The van der Waals surface area contributed by atoms with Crippen LogP contribution in [0.4, 0.5) is 5.82 Å². The van der Waals surface area contributed by atoms with Crippen LogP contribution in [0.2, 0.25) is 0 Å². The van der Waals surface area contributed by atoms with Gasteiger partial charge in [-0.2, -0.15) is 0 Å². The van der Waals surface area contributed by atoms with Crippen molar-refractivity contribution in [2.24, 2.45) is 0 Å². The van der Waals surface area contributed by atoms with E-state index in [2.05, 4.69) is 21.9 Å². The summed E-state index contributed by atoms with van der Waals surface area (Å²) in [5, 5.41) is 0. The predicted molar refractivity (Wildman–Crippen MR) is 84.3 cm³/mol. The highest BCUT2D eigenvalue weighted by Crippen LogP contribution is 2.27. The van der Waals surface area contributed by atoms with Crippen molar-refractivity contribution in [3.8, 4) is 17.0 Å². The highest BCUT2D eigenvalue weighted by Gasteiger charge is 2.13. The molecule has 0 fully saturated rings. The lowest BCUT2D eigenvalue weighted by atomic mass is 10.1. The van der Waals surface area contributed by atoms with Gasteiger partial charge in [-0.3, -0.25) is 4.98 Å². The van der Waals surface area contributed by atoms with E-state index in [1.54, 1.807) is 12.4 Å². The van der Waals surface area contributed by atoms with Crippen molar-refractivity contribution in [2.75, 3.05) is 12.3 Å². The Bertz CT molecular complexity index is 626. The number of nitrogens with two attached hydrogens (primary N) is 1. The molecule has 0 saturated heterocycles.